The molecule has 0 saturated carbocycles. The highest BCUT2D eigenvalue weighted by atomic mass is 16.5. The summed E-state index contributed by atoms with van der Waals surface area (Å²) in [5.74, 6) is 1.78. The molecule has 2 aromatic rings. The zero-order valence-corrected chi connectivity index (χ0v) is 15.9. The fourth-order valence-electron chi connectivity index (χ4n) is 2.65. The van der Waals surface area contributed by atoms with Crippen molar-refractivity contribution in [3.05, 3.63) is 48.2 Å². The summed E-state index contributed by atoms with van der Waals surface area (Å²) in [5.41, 5.74) is 1.27. The lowest BCUT2D eigenvalue weighted by Crippen LogP contribution is -2.18. The predicted molar refractivity (Wildman–Crippen MR) is 107 cm³/mol. The molecule has 2 rings (SSSR count). The molecule has 0 aliphatic rings. The van der Waals surface area contributed by atoms with E-state index >= 15 is 0 Å². The molecule has 140 valence electrons. The van der Waals surface area contributed by atoms with E-state index in [1.54, 1.807) is 18.3 Å². The summed E-state index contributed by atoms with van der Waals surface area (Å²) in [7, 11) is 0. The van der Waals surface area contributed by atoms with Gasteiger partial charge in [-0.05, 0) is 55.7 Å². The molecule has 1 aromatic heterocycles. The second kappa shape index (κ2) is 10.4. The van der Waals surface area contributed by atoms with Crippen LogP contribution in [0.5, 0.6) is 5.75 Å². The second-order valence-electron chi connectivity index (χ2n) is 6.44. The van der Waals surface area contributed by atoms with E-state index in [1.165, 1.54) is 19.3 Å². The summed E-state index contributed by atoms with van der Waals surface area (Å²) in [6, 6.07) is 10.9. The fraction of sp³-hybridized carbons (Fsp3) is 0.429. The van der Waals surface area contributed by atoms with Crippen LogP contribution in [0.3, 0.4) is 0 Å². The maximum atomic E-state index is 12.6. The Morgan fingerprint density at radius 2 is 1.96 bits per heavy atom. The van der Waals surface area contributed by atoms with Crippen molar-refractivity contribution in [3.8, 4) is 5.75 Å². The average molecular weight is 355 g/mol. The Kier molecular flexibility index (Phi) is 7.93. The number of benzene rings is 1. The van der Waals surface area contributed by atoms with Crippen molar-refractivity contribution in [2.24, 2.45) is 5.92 Å². The maximum Gasteiger partial charge on any atom is 0.259 e. The molecule has 0 radical (unpaired) electrons. The second-order valence-corrected chi connectivity index (χ2v) is 6.44. The molecule has 0 bridgehead atoms. The Morgan fingerprint density at radius 3 is 2.65 bits per heavy atom. The number of anilines is 2. The van der Waals surface area contributed by atoms with Crippen LogP contribution in [0.2, 0.25) is 0 Å². The number of ether oxygens (including phenoxy) is 1. The Morgan fingerprint density at radius 1 is 1.19 bits per heavy atom. The highest BCUT2D eigenvalue weighted by Gasteiger charge is 2.13. The van der Waals surface area contributed by atoms with Gasteiger partial charge in [0.1, 0.15) is 11.6 Å². The number of unbranched alkanes of at least 4 members (excludes halogenated alkanes) is 1. The number of nitrogens with one attached hydrogen (secondary N) is 2. The van der Waals surface area contributed by atoms with Crippen molar-refractivity contribution in [2.45, 2.75) is 40.0 Å². The van der Waals surface area contributed by atoms with E-state index in [9.17, 15) is 4.79 Å². The molecule has 0 fully saturated rings. The molecule has 5 heteroatoms. The van der Waals surface area contributed by atoms with Gasteiger partial charge >= 0.3 is 0 Å². The molecule has 0 aliphatic heterocycles. The van der Waals surface area contributed by atoms with Gasteiger partial charge in [-0.15, -0.1) is 0 Å². The Bertz CT molecular complexity index is 686. The van der Waals surface area contributed by atoms with Crippen molar-refractivity contribution in [2.75, 3.05) is 23.8 Å². The van der Waals surface area contributed by atoms with Gasteiger partial charge in [0.2, 0.25) is 0 Å². The first kappa shape index (κ1) is 19.8. The van der Waals surface area contributed by atoms with Crippen molar-refractivity contribution >= 4 is 17.4 Å². The van der Waals surface area contributed by atoms with Crippen LogP contribution in [0.1, 0.15) is 50.4 Å². The van der Waals surface area contributed by atoms with Crippen molar-refractivity contribution < 1.29 is 9.53 Å². The number of amides is 1. The first-order valence-corrected chi connectivity index (χ1v) is 9.37. The zero-order chi connectivity index (χ0) is 18.8. The number of carbonyl (C=O) groups excluding carboxylic acids is 1. The summed E-state index contributed by atoms with van der Waals surface area (Å²) in [5, 5.41) is 6.24. The Hall–Kier alpha value is -2.56. The molecular weight excluding hydrogens is 326 g/mol. The Labute approximate surface area is 156 Å². The quantitative estimate of drug-likeness (QED) is 0.631. The standard InChI is InChI=1S/C21H29N3O2/c1-4-6-8-16(3)15-23-20-19(9-7-14-22-20)21(25)24-17-10-12-18(13-11-17)26-5-2/h7,9-14,16H,4-6,8,15H2,1-3H3,(H,22,23)(H,24,25). The van der Waals surface area contributed by atoms with E-state index in [2.05, 4.69) is 29.5 Å². The molecule has 1 amide bonds. The molecule has 2 N–H and O–H groups in total. The summed E-state index contributed by atoms with van der Waals surface area (Å²) >= 11 is 0. The van der Waals surface area contributed by atoms with Crippen LogP contribution in [0.4, 0.5) is 11.5 Å². The summed E-state index contributed by atoms with van der Waals surface area (Å²) in [6.07, 6.45) is 5.29. The van der Waals surface area contributed by atoms with Crippen molar-refractivity contribution in [3.63, 3.8) is 0 Å². The van der Waals surface area contributed by atoms with Gasteiger partial charge in [-0.3, -0.25) is 4.79 Å². The normalized spacial score (nSPS) is 11.7. The van der Waals surface area contributed by atoms with Gasteiger partial charge < -0.3 is 15.4 Å². The molecule has 1 aromatic carbocycles. The third-order valence-corrected chi connectivity index (χ3v) is 4.14. The van der Waals surface area contributed by atoms with Crippen molar-refractivity contribution in [1.82, 2.24) is 4.98 Å². The number of rotatable bonds is 10. The van der Waals surface area contributed by atoms with E-state index in [4.69, 9.17) is 4.74 Å². The smallest absolute Gasteiger partial charge is 0.259 e. The third kappa shape index (κ3) is 6.06. The number of nitrogens with zero attached hydrogens (tertiary/aromatic N) is 1. The topological polar surface area (TPSA) is 63.2 Å². The molecule has 26 heavy (non-hydrogen) atoms. The number of hydrogen-bond acceptors (Lipinski definition) is 4. The van der Waals surface area contributed by atoms with Gasteiger partial charge in [-0.1, -0.05) is 26.7 Å². The van der Waals surface area contributed by atoms with E-state index in [0.717, 1.165) is 18.0 Å². The number of pyridine rings is 1. The van der Waals surface area contributed by atoms with Crippen LogP contribution in [0.25, 0.3) is 0 Å². The van der Waals surface area contributed by atoms with Crippen LogP contribution in [-0.4, -0.2) is 24.0 Å². The van der Waals surface area contributed by atoms with Crippen LogP contribution in [-0.2, 0) is 0 Å². The highest BCUT2D eigenvalue weighted by Crippen LogP contribution is 2.19. The molecule has 0 saturated heterocycles. The molecule has 1 heterocycles. The van der Waals surface area contributed by atoms with E-state index in [-0.39, 0.29) is 5.91 Å². The molecule has 1 unspecified atom stereocenters. The lowest BCUT2D eigenvalue weighted by molar-refractivity contribution is 0.102. The largest absolute Gasteiger partial charge is 0.494 e. The first-order valence-electron chi connectivity index (χ1n) is 9.37. The fourth-order valence-corrected chi connectivity index (χ4v) is 2.65. The minimum absolute atomic E-state index is 0.175. The number of carbonyl (C=O) groups is 1. The monoisotopic (exact) mass is 355 g/mol. The van der Waals surface area contributed by atoms with E-state index in [1.807, 2.05) is 31.2 Å². The number of aromatic nitrogens is 1. The summed E-state index contributed by atoms with van der Waals surface area (Å²) < 4.78 is 5.42. The van der Waals surface area contributed by atoms with Gasteiger partial charge in [-0.25, -0.2) is 4.98 Å². The van der Waals surface area contributed by atoms with Crippen LogP contribution in [0.15, 0.2) is 42.6 Å². The Balaban J connectivity index is 2.00. The molecular formula is C21H29N3O2. The lowest BCUT2D eigenvalue weighted by Gasteiger charge is -2.15. The van der Waals surface area contributed by atoms with Crippen molar-refractivity contribution in [1.29, 1.82) is 0 Å². The van der Waals surface area contributed by atoms with Gasteiger partial charge in [0.25, 0.3) is 5.91 Å². The van der Waals surface area contributed by atoms with Gasteiger partial charge in [-0.2, -0.15) is 0 Å². The summed E-state index contributed by atoms with van der Waals surface area (Å²) in [6.45, 7) is 7.77. The van der Waals surface area contributed by atoms with E-state index in [0.29, 0.717) is 23.9 Å². The lowest BCUT2D eigenvalue weighted by atomic mass is 10.0. The third-order valence-electron chi connectivity index (χ3n) is 4.14. The SMILES string of the molecule is CCCCC(C)CNc1ncccc1C(=O)Nc1ccc(OCC)cc1. The first-order chi connectivity index (χ1) is 12.6. The maximum absolute atomic E-state index is 12.6. The minimum atomic E-state index is -0.175. The number of hydrogen-bond donors (Lipinski definition) is 2. The molecule has 0 spiro atoms. The van der Waals surface area contributed by atoms with Crippen LogP contribution >= 0.6 is 0 Å². The molecule has 1 atom stereocenters. The van der Waals surface area contributed by atoms with Gasteiger partial charge in [0.05, 0.1) is 12.2 Å². The highest BCUT2D eigenvalue weighted by molar-refractivity contribution is 6.07. The van der Waals surface area contributed by atoms with Gasteiger partial charge in [0, 0.05) is 18.4 Å². The van der Waals surface area contributed by atoms with Crippen LogP contribution in [0, 0.1) is 5.92 Å². The van der Waals surface area contributed by atoms with Gasteiger partial charge in [0.15, 0.2) is 0 Å². The zero-order valence-electron chi connectivity index (χ0n) is 15.9. The van der Waals surface area contributed by atoms with Crippen LogP contribution < -0.4 is 15.4 Å². The summed E-state index contributed by atoms with van der Waals surface area (Å²) in [4.78, 5) is 17.0. The minimum Gasteiger partial charge on any atom is -0.494 e. The predicted octanol–water partition coefficient (Wildman–Crippen LogP) is 4.97. The molecule has 5 nitrogen and oxygen atoms in total. The van der Waals surface area contributed by atoms with E-state index < -0.39 is 0 Å². The molecule has 0 aliphatic carbocycles. The average Bonchev–Trinajstić information content (AvgIpc) is 2.66.